The molecule has 1 rings (SSSR count). The highest BCUT2D eigenvalue weighted by atomic mass is 16.8. The Morgan fingerprint density at radius 3 is 2.65 bits per heavy atom. The minimum absolute atomic E-state index is 0.0998. The lowest BCUT2D eigenvalue weighted by Gasteiger charge is -2.20. The van der Waals surface area contributed by atoms with Gasteiger partial charge in [-0.2, -0.15) is 0 Å². The zero-order valence-corrected chi connectivity index (χ0v) is 11.0. The first kappa shape index (κ1) is 14.9. The summed E-state index contributed by atoms with van der Waals surface area (Å²) in [7, 11) is 0. The molecule has 2 atom stereocenters. The van der Waals surface area contributed by atoms with Gasteiger partial charge in [0.1, 0.15) is 6.10 Å². The van der Waals surface area contributed by atoms with Gasteiger partial charge in [-0.15, -0.1) is 0 Å². The molecule has 0 spiro atoms. The van der Waals surface area contributed by atoms with Crippen LogP contribution in [0.3, 0.4) is 0 Å². The topological polar surface area (TPSA) is 57.2 Å². The molecule has 0 aliphatic carbocycles. The van der Waals surface area contributed by atoms with Gasteiger partial charge in [0.15, 0.2) is 5.79 Å². The lowest BCUT2D eigenvalue weighted by molar-refractivity contribution is -0.183. The second-order valence-corrected chi connectivity index (χ2v) is 4.89. The lowest BCUT2D eigenvalue weighted by Crippen LogP contribution is -2.32. The van der Waals surface area contributed by atoms with Gasteiger partial charge in [-0.3, -0.25) is 0 Å². The first-order chi connectivity index (χ1) is 8.06. The van der Waals surface area contributed by atoms with Crippen molar-refractivity contribution < 1.29 is 24.1 Å². The molecule has 0 amide bonds. The van der Waals surface area contributed by atoms with Crippen LogP contribution in [0.4, 0.5) is 0 Å². The maximum Gasteiger partial charge on any atom is 0.189 e. The Morgan fingerprint density at radius 2 is 2.06 bits per heavy atom. The number of aliphatic hydroxyl groups is 1. The Morgan fingerprint density at radius 1 is 1.35 bits per heavy atom. The summed E-state index contributed by atoms with van der Waals surface area (Å²) in [6.45, 7) is 8.66. The van der Waals surface area contributed by atoms with Crippen LogP contribution in [0.2, 0.25) is 0 Å². The van der Waals surface area contributed by atoms with Gasteiger partial charge in [0.2, 0.25) is 0 Å². The van der Waals surface area contributed by atoms with E-state index >= 15 is 0 Å². The maximum absolute atomic E-state index is 9.03. The molecule has 102 valence electrons. The molecule has 0 aromatic carbocycles. The van der Waals surface area contributed by atoms with Gasteiger partial charge in [-0.05, 0) is 12.8 Å². The summed E-state index contributed by atoms with van der Waals surface area (Å²) in [5, 5.41) is 9.03. The van der Waals surface area contributed by atoms with Crippen LogP contribution in [0.15, 0.2) is 0 Å². The molecule has 5 heteroatoms. The van der Waals surface area contributed by atoms with E-state index in [4.69, 9.17) is 24.1 Å². The van der Waals surface area contributed by atoms with Crippen LogP contribution in [-0.4, -0.2) is 56.6 Å². The van der Waals surface area contributed by atoms with Gasteiger partial charge in [-0.25, -0.2) is 0 Å². The normalized spacial score (nSPS) is 29.1. The second kappa shape index (κ2) is 7.28. The van der Waals surface area contributed by atoms with E-state index < -0.39 is 5.79 Å². The van der Waals surface area contributed by atoms with E-state index in [1.54, 1.807) is 6.92 Å². The van der Waals surface area contributed by atoms with Crippen molar-refractivity contribution in [2.45, 2.75) is 32.7 Å². The van der Waals surface area contributed by atoms with Crippen LogP contribution < -0.4 is 0 Å². The summed E-state index contributed by atoms with van der Waals surface area (Å²) in [5.41, 5.74) is 0. The summed E-state index contributed by atoms with van der Waals surface area (Å²) < 4.78 is 21.6. The molecular formula is C12H24O5. The van der Waals surface area contributed by atoms with Crippen LogP contribution in [0.5, 0.6) is 0 Å². The molecule has 1 fully saturated rings. The van der Waals surface area contributed by atoms with E-state index in [2.05, 4.69) is 13.8 Å². The Hall–Kier alpha value is -0.200. The van der Waals surface area contributed by atoms with Crippen molar-refractivity contribution in [1.82, 2.24) is 0 Å². The van der Waals surface area contributed by atoms with Crippen LogP contribution in [0.25, 0.3) is 0 Å². The average Bonchev–Trinajstić information content (AvgIpc) is 2.66. The molecule has 1 heterocycles. The largest absolute Gasteiger partial charge is 0.391 e. The highest BCUT2D eigenvalue weighted by Gasteiger charge is 2.36. The van der Waals surface area contributed by atoms with Crippen molar-refractivity contribution >= 4 is 0 Å². The summed E-state index contributed by atoms with van der Waals surface area (Å²) in [6.07, 6.45) is -0.0998. The van der Waals surface area contributed by atoms with Gasteiger partial charge < -0.3 is 24.1 Å². The Kier molecular flexibility index (Phi) is 6.37. The monoisotopic (exact) mass is 248 g/mol. The van der Waals surface area contributed by atoms with Crippen molar-refractivity contribution in [3.8, 4) is 0 Å². The van der Waals surface area contributed by atoms with E-state index in [1.807, 2.05) is 0 Å². The van der Waals surface area contributed by atoms with Crippen LogP contribution >= 0.6 is 0 Å². The first-order valence-corrected chi connectivity index (χ1v) is 6.14. The predicted molar refractivity (Wildman–Crippen MR) is 62.8 cm³/mol. The number of hydrogen-bond donors (Lipinski definition) is 1. The Labute approximate surface area is 103 Å². The van der Waals surface area contributed by atoms with Crippen molar-refractivity contribution in [3.05, 3.63) is 0 Å². The molecule has 1 N–H and O–H groups in total. The van der Waals surface area contributed by atoms with Gasteiger partial charge in [0.25, 0.3) is 0 Å². The molecular weight excluding hydrogens is 224 g/mol. The molecule has 0 bridgehead atoms. The third-order valence-corrected chi connectivity index (χ3v) is 2.40. The van der Waals surface area contributed by atoms with Gasteiger partial charge in [0.05, 0.1) is 33.0 Å². The van der Waals surface area contributed by atoms with Crippen LogP contribution in [0.1, 0.15) is 20.8 Å². The van der Waals surface area contributed by atoms with Crippen molar-refractivity contribution in [2.24, 2.45) is 5.92 Å². The van der Waals surface area contributed by atoms with E-state index in [0.717, 1.165) is 6.61 Å². The van der Waals surface area contributed by atoms with E-state index in [9.17, 15) is 0 Å². The first-order valence-electron chi connectivity index (χ1n) is 6.14. The average molecular weight is 248 g/mol. The minimum atomic E-state index is -0.859. The lowest BCUT2D eigenvalue weighted by atomic mass is 10.2. The van der Waals surface area contributed by atoms with Gasteiger partial charge in [-0.1, -0.05) is 13.8 Å². The molecule has 1 aliphatic heterocycles. The quantitative estimate of drug-likeness (QED) is 0.644. The molecule has 1 saturated heterocycles. The number of aliphatic hydroxyl groups excluding tert-OH is 1. The summed E-state index contributed by atoms with van der Waals surface area (Å²) >= 11 is 0. The standard InChI is InChI=1S/C12H24O5/c1-10(2)6-14-4-5-15-7-11-8-16-12(3,9-13)17-11/h10-11,13H,4-9H2,1-3H3. The number of hydrogen-bond acceptors (Lipinski definition) is 5. The van der Waals surface area contributed by atoms with E-state index in [1.165, 1.54) is 0 Å². The number of rotatable bonds is 8. The molecule has 5 nitrogen and oxygen atoms in total. The fourth-order valence-corrected chi connectivity index (χ4v) is 1.51. The van der Waals surface area contributed by atoms with E-state index in [-0.39, 0.29) is 12.7 Å². The SMILES string of the molecule is CC(C)COCCOCC1COC(C)(CO)O1. The van der Waals surface area contributed by atoms with Crippen molar-refractivity contribution in [2.75, 3.05) is 39.6 Å². The van der Waals surface area contributed by atoms with Crippen LogP contribution in [0, 0.1) is 5.92 Å². The molecule has 0 aromatic rings. The van der Waals surface area contributed by atoms with Gasteiger partial charge in [0, 0.05) is 6.61 Å². The van der Waals surface area contributed by atoms with Crippen molar-refractivity contribution in [1.29, 1.82) is 0 Å². The predicted octanol–water partition coefficient (Wildman–Crippen LogP) is 0.799. The van der Waals surface area contributed by atoms with E-state index in [0.29, 0.717) is 32.3 Å². The highest BCUT2D eigenvalue weighted by Crippen LogP contribution is 2.22. The molecule has 0 radical (unpaired) electrons. The highest BCUT2D eigenvalue weighted by molar-refractivity contribution is 4.73. The third-order valence-electron chi connectivity index (χ3n) is 2.40. The minimum Gasteiger partial charge on any atom is -0.391 e. The molecule has 1 aliphatic rings. The maximum atomic E-state index is 9.03. The van der Waals surface area contributed by atoms with Crippen LogP contribution in [-0.2, 0) is 18.9 Å². The fourth-order valence-electron chi connectivity index (χ4n) is 1.51. The summed E-state index contributed by atoms with van der Waals surface area (Å²) in [6, 6.07) is 0. The fraction of sp³-hybridized carbons (Fsp3) is 1.00. The Bertz CT molecular complexity index is 209. The molecule has 0 aromatic heterocycles. The zero-order valence-electron chi connectivity index (χ0n) is 11.0. The second-order valence-electron chi connectivity index (χ2n) is 4.89. The smallest absolute Gasteiger partial charge is 0.189 e. The summed E-state index contributed by atoms with van der Waals surface area (Å²) in [4.78, 5) is 0. The molecule has 2 unspecified atom stereocenters. The van der Waals surface area contributed by atoms with Crippen molar-refractivity contribution in [3.63, 3.8) is 0 Å². The summed E-state index contributed by atoms with van der Waals surface area (Å²) in [5.74, 6) is -0.311. The number of ether oxygens (including phenoxy) is 4. The van der Waals surface area contributed by atoms with Gasteiger partial charge >= 0.3 is 0 Å². The molecule has 17 heavy (non-hydrogen) atoms. The zero-order chi connectivity index (χ0) is 12.7. The third kappa shape index (κ3) is 5.79. The molecule has 0 saturated carbocycles. The Balaban J connectivity index is 1.97.